The highest BCUT2D eigenvalue weighted by Gasteiger charge is 2.06. The van der Waals surface area contributed by atoms with E-state index in [4.69, 9.17) is 0 Å². The van der Waals surface area contributed by atoms with Gasteiger partial charge in [0.15, 0.2) is 5.65 Å². The van der Waals surface area contributed by atoms with Crippen molar-refractivity contribution in [3.05, 3.63) is 22.4 Å². The van der Waals surface area contributed by atoms with E-state index in [2.05, 4.69) is 25.2 Å². The van der Waals surface area contributed by atoms with E-state index < -0.39 is 10.0 Å². The SMILES string of the molecule is Cc1nc(NCCNS(C)(=O)=O)cc2n[nH]c(=O)n12. The Hall–Kier alpha value is -1.94. The fourth-order valence-corrected chi connectivity index (χ4v) is 2.09. The minimum Gasteiger partial charge on any atom is -0.369 e. The van der Waals surface area contributed by atoms with Crippen LogP contribution in [0.3, 0.4) is 0 Å². The molecule has 19 heavy (non-hydrogen) atoms. The second-order valence-corrected chi connectivity index (χ2v) is 5.84. The minimum absolute atomic E-state index is 0.248. The molecule has 9 nitrogen and oxygen atoms in total. The van der Waals surface area contributed by atoms with E-state index in [0.717, 1.165) is 6.26 Å². The molecule has 0 bridgehead atoms. The lowest BCUT2D eigenvalue weighted by Gasteiger charge is -2.07. The van der Waals surface area contributed by atoms with Crippen molar-refractivity contribution < 1.29 is 8.42 Å². The summed E-state index contributed by atoms with van der Waals surface area (Å²) in [6.07, 6.45) is 1.09. The molecule has 2 aromatic rings. The largest absolute Gasteiger partial charge is 0.369 e. The molecule has 0 radical (unpaired) electrons. The summed E-state index contributed by atoms with van der Waals surface area (Å²) in [6.45, 7) is 2.31. The maximum Gasteiger partial charge on any atom is 0.349 e. The van der Waals surface area contributed by atoms with Gasteiger partial charge < -0.3 is 5.32 Å². The topological polar surface area (TPSA) is 121 Å². The smallest absolute Gasteiger partial charge is 0.349 e. The Balaban J connectivity index is 2.08. The fourth-order valence-electron chi connectivity index (χ4n) is 1.62. The number of anilines is 1. The average molecular weight is 286 g/mol. The number of sulfonamides is 1. The molecular weight excluding hydrogens is 272 g/mol. The number of rotatable bonds is 5. The molecule has 0 amide bonds. The van der Waals surface area contributed by atoms with Gasteiger partial charge in [-0.1, -0.05) is 0 Å². The lowest BCUT2D eigenvalue weighted by Crippen LogP contribution is -2.28. The zero-order valence-corrected chi connectivity index (χ0v) is 11.3. The molecule has 0 atom stereocenters. The highest BCUT2D eigenvalue weighted by molar-refractivity contribution is 7.88. The number of nitrogens with zero attached hydrogens (tertiary/aromatic N) is 3. The van der Waals surface area contributed by atoms with E-state index in [-0.39, 0.29) is 12.2 Å². The Bertz CT molecular complexity index is 747. The normalized spacial score (nSPS) is 11.9. The highest BCUT2D eigenvalue weighted by Crippen LogP contribution is 2.06. The lowest BCUT2D eigenvalue weighted by molar-refractivity contribution is 0.589. The Morgan fingerprint density at radius 1 is 1.42 bits per heavy atom. The molecular formula is C9H14N6O3S. The molecule has 0 saturated heterocycles. The maximum atomic E-state index is 11.4. The Labute approximate surface area is 109 Å². The summed E-state index contributed by atoms with van der Waals surface area (Å²) < 4.78 is 25.4. The third kappa shape index (κ3) is 3.29. The standard InChI is InChI=1S/C9H14N6O3S/c1-6-12-7(10-3-4-11-19(2,17)18)5-8-13-14-9(16)15(6)8/h5,10-11H,3-4H2,1-2H3,(H,14,16). The number of aromatic nitrogens is 4. The molecule has 0 aromatic carbocycles. The van der Waals surface area contributed by atoms with Gasteiger partial charge >= 0.3 is 5.69 Å². The van der Waals surface area contributed by atoms with Gasteiger partial charge in [0.1, 0.15) is 11.6 Å². The zero-order valence-electron chi connectivity index (χ0n) is 10.5. The molecule has 0 unspecified atom stereocenters. The number of hydrogen-bond donors (Lipinski definition) is 3. The van der Waals surface area contributed by atoms with Crippen molar-refractivity contribution in [2.24, 2.45) is 0 Å². The first kappa shape index (κ1) is 13.5. The predicted molar refractivity (Wildman–Crippen MR) is 69.7 cm³/mol. The van der Waals surface area contributed by atoms with Crippen LogP contribution in [0.15, 0.2) is 10.9 Å². The fraction of sp³-hybridized carbons (Fsp3) is 0.444. The van der Waals surface area contributed by atoms with Gasteiger partial charge in [-0.2, -0.15) is 5.10 Å². The van der Waals surface area contributed by atoms with Crippen molar-refractivity contribution in [2.75, 3.05) is 24.7 Å². The van der Waals surface area contributed by atoms with E-state index in [0.29, 0.717) is 23.8 Å². The van der Waals surface area contributed by atoms with E-state index in [1.54, 1.807) is 13.0 Å². The van der Waals surface area contributed by atoms with Crippen LogP contribution in [0.1, 0.15) is 5.82 Å². The van der Waals surface area contributed by atoms with Crippen LogP contribution < -0.4 is 15.7 Å². The van der Waals surface area contributed by atoms with Gasteiger partial charge in [-0.3, -0.25) is 0 Å². The van der Waals surface area contributed by atoms with Gasteiger partial charge in [-0.25, -0.2) is 32.4 Å². The lowest BCUT2D eigenvalue weighted by atomic mass is 10.5. The first-order chi connectivity index (χ1) is 8.87. The van der Waals surface area contributed by atoms with Gasteiger partial charge in [0.25, 0.3) is 0 Å². The zero-order chi connectivity index (χ0) is 14.0. The molecule has 2 rings (SSSR count). The number of nitrogens with one attached hydrogen (secondary N) is 3. The van der Waals surface area contributed by atoms with E-state index in [1.165, 1.54) is 4.40 Å². The third-order valence-corrected chi connectivity index (χ3v) is 3.09. The summed E-state index contributed by atoms with van der Waals surface area (Å²) in [5.74, 6) is 1.02. The number of aromatic amines is 1. The van der Waals surface area contributed by atoms with Gasteiger partial charge in [0, 0.05) is 19.2 Å². The molecule has 3 N–H and O–H groups in total. The van der Waals surface area contributed by atoms with Gasteiger partial charge in [-0.05, 0) is 6.92 Å². The van der Waals surface area contributed by atoms with Crippen molar-refractivity contribution >= 4 is 21.5 Å². The van der Waals surface area contributed by atoms with Crippen molar-refractivity contribution in [3.63, 3.8) is 0 Å². The van der Waals surface area contributed by atoms with E-state index >= 15 is 0 Å². The van der Waals surface area contributed by atoms with Crippen LogP contribution in [0.4, 0.5) is 5.82 Å². The molecule has 0 aliphatic heterocycles. The average Bonchev–Trinajstić information content (AvgIpc) is 2.66. The highest BCUT2D eigenvalue weighted by atomic mass is 32.2. The van der Waals surface area contributed by atoms with Crippen LogP contribution in [-0.2, 0) is 10.0 Å². The minimum atomic E-state index is -3.19. The molecule has 0 spiro atoms. The molecule has 0 saturated carbocycles. The van der Waals surface area contributed by atoms with Gasteiger partial charge in [-0.15, -0.1) is 0 Å². The van der Waals surface area contributed by atoms with Crippen molar-refractivity contribution in [1.82, 2.24) is 24.3 Å². The van der Waals surface area contributed by atoms with E-state index in [9.17, 15) is 13.2 Å². The monoisotopic (exact) mass is 286 g/mol. The summed E-state index contributed by atoms with van der Waals surface area (Å²) in [5, 5.41) is 9.12. The predicted octanol–water partition coefficient (Wildman–Crippen LogP) is -1.31. The quantitative estimate of drug-likeness (QED) is 0.587. The van der Waals surface area contributed by atoms with Crippen LogP contribution in [0.5, 0.6) is 0 Å². The Kier molecular flexibility index (Phi) is 3.53. The first-order valence-electron chi connectivity index (χ1n) is 5.50. The maximum absolute atomic E-state index is 11.4. The summed E-state index contributed by atoms with van der Waals surface area (Å²) >= 11 is 0. The van der Waals surface area contributed by atoms with Crippen LogP contribution in [0.2, 0.25) is 0 Å². The second-order valence-electron chi connectivity index (χ2n) is 4.00. The van der Waals surface area contributed by atoms with Crippen LogP contribution in [0.25, 0.3) is 5.65 Å². The molecule has 104 valence electrons. The van der Waals surface area contributed by atoms with Crippen molar-refractivity contribution in [3.8, 4) is 0 Å². The third-order valence-electron chi connectivity index (χ3n) is 2.37. The van der Waals surface area contributed by atoms with Crippen LogP contribution in [0, 0.1) is 6.92 Å². The molecule has 2 aromatic heterocycles. The van der Waals surface area contributed by atoms with Crippen molar-refractivity contribution in [1.29, 1.82) is 0 Å². The summed E-state index contributed by atoms with van der Waals surface area (Å²) in [7, 11) is -3.19. The number of H-pyrrole nitrogens is 1. The Morgan fingerprint density at radius 3 is 2.84 bits per heavy atom. The van der Waals surface area contributed by atoms with Crippen LogP contribution in [-0.4, -0.2) is 47.3 Å². The number of aryl methyl sites for hydroxylation is 1. The summed E-state index contributed by atoms with van der Waals surface area (Å²) in [6, 6.07) is 1.60. The van der Waals surface area contributed by atoms with E-state index in [1.807, 2.05) is 0 Å². The van der Waals surface area contributed by atoms with Gasteiger partial charge in [0.2, 0.25) is 10.0 Å². The van der Waals surface area contributed by atoms with Crippen molar-refractivity contribution in [2.45, 2.75) is 6.92 Å². The number of hydrogen-bond acceptors (Lipinski definition) is 6. The molecule has 0 aliphatic rings. The number of fused-ring (bicyclic) bond motifs is 1. The molecule has 0 aliphatic carbocycles. The summed E-state index contributed by atoms with van der Waals surface area (Å²) in [4.78, 5) is 15.6. The summed E-state index contributed by atoms with van der Waals surface area (Å²) in [5.41, 5.74) is 0.112. The second kappa shape index (κ2) is 4.97. The van der Waals surface area contributed by atoms with Gasteiger partial charge in [0.05, 0.1) is 6.26 Å². The Morgan fingerprint density at radius 2 is 2.16 bits per heavy atom. The molecule has 0 fully saturated rings. The van der Waals surface area contributed by atoms with Crippen LogP contribution >= 0.6 is 0 Å². The molecule has 2 heterocycles. The molecule has 10 heteroatoms. The first-order valence-corrected chi connectivity index (χ1v) is 7.39.